The molecule has 2 rings (SSSR count). The molecule has 0 aliphatic carbocycles. The number of halogens is 3. The summed E-state index contributed by atoms with van der Waals surface area (Å²) in [6.07, 6.45) is 0.413. The molecule has 0 aromatic heterocycles. The Labute approximate surface area is 163 Å². The van der Waals surface area contributed by atoms with Gasteiger partial charge in [0.1, 0.15) is 11.9 Å². The van der Waals surface area contributed by atoms with Gasteiger partial charge in [0.25, 0.3) is 0 Å². The number of benzene rings is 1. The van der Waals surface area contributed by atoms with Gasteiger partial charge in [-0.2, -0.15) is 0 Å². The highest BCUT2D eigenvalue weighted by atomic mass is 19.2. The normalized spacial score (nSPS) is 19.6. The van der Waals surface area contributed by atoms with Gasteiger partial charge in [-0.25, -0.2) is 13.2 Å². The van der Waals surface area contributed by atoms with Crippen LogP contribution < -0.4 is 5.73 Å². The molecule has 8 heteroatoms. The van der Waals surface area contributed by atoms with Crippen molar-refractivity contribution in [1.29, 1.82) is 0 Å². The molecule has 2 atom stereocenters. The van der Waals surface area contributed by atoms with Gasteiger partial charge < -0.3 is 15.5 Å². The highest BCUT2D eigenvalue weighted by Gasteiger charge is 2.36. The Hall–Kier alpha value is -2.09. The van der Waals surface area contributed by atoms with Crippen LogP contribution in [-0.2, 0) is 16.0 Å². The van der Waals surface area contributed by atoms with Crippen LogP contribution in [0.15, 0.2) is 12.1 Å². The lowest BCUT2D eigenvalue weighted by molar-refractivity contribution is -0.146. The molecule has 1 unspecified atom stereocenters. The summed E-state index contributed by atoms with van der Waals surface area (Å²) in [5, 5.41) is 0. The lowest BCUT2D eigenvalue weighted by Crippen LogP contribution is -2.52. The second-order valence-electron chi connectivity index (χ2n) is 8.30. The number of nitrogens with zero attached hydrogens (tertiary/aromatic N) is 2. The average molecular weight is 399 g/mol. The van der Waals surface area contributed by atoms with Crippen LogP contribution in [0, 0.1) is 17.5 Å². The van der Waals surface area contributed by atoms with E-state index in [1.807, 2.05) is 20.8 Å². The highest BCUT2D eigenvalue weighted by Crippen LogP contribution is 2.22. The van der Waals surface area contributed by atoms with Crippen molar-refractivity contribution in [3.63, 3.8) is 0 Å². The van der Waals surface area contributed by atoms with Crippen LogP contribution in [-0.4, -0.2) is 52.3 Å². The second kappa shape index (κ2) is 8.51. The van der Waals surface area contributed by atoms with Gasteiger partial charge in [0.05, 0.1) is 0 Å². The number of amides is 2. The van der Waals surface area contributed by atoms with E-state index in [1.165, 1.54) is 4.90 Å². The molecule has 28 heavy (non-hydrogen) atoms. The van der Waals surface area contributed by atoms with Crippen LogP contribution in [0.3, 0.4) is 0 Å². The first-order chi connectivity index (χ1) is 12.9. The van der Waals surface area contributed by atoms with Crippen molar-refractivity contribution in [3.05, 3.63) is 35.1 Å². The number of nitrogens with two attached hydrogens (primary N) is 1. The zero-order chi connectivity index (χ0) is 21.2. The lowest BCUT2D eigenvalue weighted by Gasteiger charge is -2.37. The third-order valence-electron chi connectivity index (χ3n) is 5.01. The Morgan fingerprint density at radius 3 is 2.39 bits per heavy atom. The molecule has 1 fully saturated rings. The Morgan fingerprint density at radius 2 is 1.79 bits per heavy atom. The molecule has 0 bridgehead atoms. The van der Waals surface area contributed by atoms with E-state index in [4.69, 9.17) is 5.73 Å². The molecular formula is C20H28F3N3O2. The van der Waals surface area contributed by atoms with Crippen molar-refractivity contribution >= 4 is 11.8 Å². The lowest BCUT2D eigenvalue weighted by atomic mass is 10.0. The Kier molecular flexibility index (Phi) is 6.75. The fourth-order valence-corrected chi connectivity index (χ4v) is 3.48. The fraction of sp³-hybridized carbons (Fsp3) is 0.600. The molecule has 0 saturated carbocycles. The molecule has 0 spiro atoms. The molecule has 0 radical (unpaired) electrons. The first-order valence-corrected chi connectivity index (χ1v) is 9.41. The number of hydrogen-bond donors (Lipinski definition) is 1. The minimum absolute atomic E-state index is 0.0851. The van der Waals surface area contributed by atoms with Crippen molar-refractivity contribution < 1.29 is 22.8 Å². The first kappa shape index (κ1) is 22.2. The van der Waals surface area contributed by atoms with Crippen LogP contribution in [0.4, 0.5) is 13.2 Å². The SMILES string of the molecule is C[C@@H]1C(=O)N(C(C)(C)C)CCCN1C(=O)CC(N)Cc1cc(F)c(F)cc1F. The predicted molar refractivity (Wildman–Crippen MR) is 99.9 cm³/mol. The summed E-state index contributed by atoms with van der Waals surface area (Å²) in [5.74, 6) is -3.78. The van der Waals surface area contributed by atoms with Crippen molar-refractivity contribution in [2.45, 2.75) is 64.6 Å². The maximum atomic E-state index is 13.8. The summed E-state index contributed by atoms with van der Waals surface area (Å²) in [4.78, 5) is 28.7. The number of carbonyl (C=O) groups excluding carboxylic acids is 2. The summed E-state index contributed by atoms with van der Waals surface area (Å²) in [5.41, 5.74) is 5.53. The zero-order valence-electron chi connectivity index (χ0n) is 16.8. The molecule has 1 aromatic rings. The smallest absolute Gasteiger partial charge is 0.245 e. The average Bonchev–Trinajstić information content (AvgIpc) is 2.71. The van der Waals surface area contributed by atoms with Gasteiger partial charge in [0.15, 0.2) is 11.6 Å². The molecular weight excluding hydrogens is 371 g/mol. The highest BCUT2D eigenvalue weighted by molar-refractivity contribution is 5.88. The maximum absolute atomic E-state index is 13.8. The van der Waals surface area contributed by atoms with Gasteiger partial charge in [-0.3, -0.25) is 9.59 Å². The topological polar surface area (TPSA) is 66.6 Å². The maximum Gasteiger partial charge on any atom is 0.245 e. The van der Waals surface area contributed by atoms with Crippen molar-refractivity contribution in [3.8, 4) is 0 Å². The number of rotatable bonds is 4. The van der Waals surface area contributed by atoms with E-state index in [-0.39, 0.29) is 35.8 Å². The Balaban J connectivity index is 2.05. The van der Waals surface area contributed by atoms with E-state index < -0.39 is 29.5 Å². The third kappa shape index (κ3) is 5.04. The zero-order valence-corrected chi connectivity index (χ0v) is 16.8. The van der Waals surface area contributed by atoms with E-state index >= 15 is 0 Å². The molecule has 1 aliphatic rings. The summed E-state index contributed by atoms with van der Waals surface area (Å²) in [7, 11) is 0. The molecule has 1 heterocycles. The quantitative estimate of drug-likeness (QED) is 0.792. The van der Waals surface area contributed by atoms with Gasteiger partial charge in [0, 0.05) is 37.2 Å². The molecule has 5 nitrogen and oxygen atoms in total. The van der Waals surface area contributed by atoms with E-state index in [1.54, 1.807) is 11.8 Å². The van der Waals surface area contributed by atoms with Crippen LogP contribution in [0.5, 0.6) is 0 Å². The van der Waals surface area contributed by atoms with Gasteiger partial charge in [-0.15, -0.1) is 0 Å². The molecule has 1 aliphatic heterocycles. The van der Waals surface area contributed by atoms with Crippen LogP contribution in [0.25, 0.3) is 0 Å². The van der Waals surface area contributed by atoms with Crippen LogP contribution in [0.2, 0.25) is 0 Å². The van der Waals surface area contributed by atoms with Crippen LogP contribution in [0.1, 0.15) is 46.1 Å². The standard InChI is InChI=1S/C20H28F3N3O2/c1-12-19(28)26(20(2,3)4)7-5-6-25(12)18(27)10-14(24)8-13-9-16(22)17(23)11-15(13)21/h9,11-12,14H,5-8,10,24H2,1-4H3/t12-,14?/m1/s1. The van der Waals surface area contributed by atoms with Crippen molar-refractivity contribution in [1.82, 2.24) is 9.80 Å². The van der Waals surface area contributed by atoms with Gasteiger partial charge >= 0.3 is 0 Å². The number of hydrogen-bond acceptors (Lipinski definition) is 3. The molecule has 2 amide bonds. The van der Waals surface area contributed by atoms with Gasteiger partial charge in [0.2, 0.25) is 11.8 Å². The second-order valence-corrected chi connectivity index (χ2v) is 8.30. The summed E-state index contributed by atoms with van der Waals surface area (Å²) in [6, 6.07) is -0.179. The molecule has 1 saturated heterocycles. The predicted octanol–water partition coefficient (Wildman–Crippen LogP) is 2.61. The summed E-state index contributed by atoms with van der Waals surface area (Å²) < 4.78 is 40.2. The monoisotopic (exact) mass is 399 g/mol. The molecule has 156 valence electrons. The van der Waals surface area contributed by atoms with Gasteiger partial charge in [-0.1, -0.05) is 0 Å². The van der Waals surface area contributed by atoms with Crippen LogP contribution >= 0.6 is 0 Å². The van der Waals surface area contributed by atoms with E-state index in [0.717, 1.165) is 6.07 Å². The fourth-order valence-electron chi connectivity index (χ4n) is 3.48. The largest absolute Gasteiger partial charge is 0.336 e. The first-order valence-electron chi connectivity index (χ1n) is 9.41. The van der Waals surface area contributed by atoms with Crippen molar-refractivity contribution in [2.75, 3.05) is 13.1 Å². The minimum atomic E-state index is -1.27. The summed E-state index contributed by atoms with van der Waals surface area (Å²) >= 11 is 0. The Morgan fingerprint density at radius 1 is 1.18 bits per heavy atom. The van der Waals surface area contributed by atoms with Gasteiger partial charge in [-0.05, 0) is 52.2 Å². The van der Waals surface area contributed by atoms with E-state index in [9.17, 15) is 22.8 Å². The van der Waals surface area contributed by atoms with Crippen molar-refractivity contribution in [2.24, 2.45) is 5.73 Å². The number of carbonyl (C=O) groups is 2. The third-order valence-corrected chi connectivity index (χ3v) is 5.01. The van der Waals surface area contributed by atoms with E-state index in [2.05, 4.69) is 0 Å². The Bertz CT molecular complexity index is 749. The summed E-state index contributed by atoms with van der Waals surface area (Å²) in [6.45, 7) is 8.50. The molecule has 1 aromatic carbocycles. The minimum Gasteiger partial charge on any atom is -0.336 e. The van der Waals surface area contributed by atoms with E-state index in [0.29, 0.717) is 25.6 Å². The molecule has 2 N–H and O–H groups in total.